The summed E-state index contributed by atoms with van der Waals surface area (Å²) in [6, 6.07) is 9.42. The third-order valence-corrected chi connectivity index (χ3v) is 12.0. The molecule has 7 rings (SSSR count). The fourth-order valence-corrected chi connectivity index (χ4v) is 8.85. The van der Waals surface area contributed by atoms with Crippen LogP contribution in [0.5, 0.6) is 0 Å². The average Bonchev–Trinajstić information content (AvgIpc) is 3.94. The van der Waals surface area contributed by atoms with Gasteiger partial charge in [0.15, 0.2) is 30.2 Å². The van der Waals surface area contributed by atoms with E-state index in [0.29, 0.717) is 19.4 Å². The number of esters is 4. The fourth-order valence-electron chi connectivity index (χ4n) is 8.85. The monoisotopic (exact) mass is 804 g/mol. The fraction of sp³-hybridized carbons (Fsp3) is 0.700. The van der Waals surface area contributed by atoms with Gasteiger partial charge in [-0.25, -0.2) is 4.79 Å². The second-order valence-electron chi connectivity index (χ2n) is 16.0. The van der Waals surface area contributed by atoms with Crippen molar-refractivity contribution in [2.75, 3.05) is 13.2 Å². The lowest BCUT2D eigenvalue weighted by atomic mass is 9.72. The van der Waals surface area contributed by atoms with Crippen molar-refractivity contribution in [3.8, 4) is 0 Å². The van der Waals surface area contributed by atoms with E-state index in [0.717, 1.165) is 19.4 Å². The molecule has 17 nitrogen and oxygen atoms in total. The lowest BCUT2D eigenvalue weighted by Gasteiger charge is -2.46. The zero-order chi connectivity index (χ0) is 40.8. The normalized spacial score (nSPS) is 44.0. The summed E-state index contributed by atoms with van der Waals surface area (Å²) in [7, 11) is 0. The van der Waals surface area contributed by atoms with Gasteiger partial charge in [0.2, 0.25) is 12.1 Å². The van der Waals surface area contributed by atoms with Crippen LogP contribution >= 0.6 is 0 Å². The second kappa shape index (κ2) is 16.6. The molecular formula is C40H52O17. The smallest absolute Gasteiger partial charge is 0.331 e. The van der Waals surface area contributed by atoms with Crippen LogP contribution in [0, 0.1) is 17.8 Å². The van der Waals surface area contributed by atoms with E-state index in [9.17, 15) is 34.5 Å². The van der Waals surface area contributed by atoms with Gasteiger partial charge in [-0.2, -0.15) is 0 Å². The zero-order valence-corrected chi connectivity index (χ0v) is 32.5. The SMILES string of the molecule is CC(=O)O[C@@H]1[C@@H](O)[C@H](O[C@H]2[C@H](OC(=O)[C@H]3CC[C@@H]4[C@H](C3)O[C@@]3(C[C@H](OC(=O)/C=C/c5ccccc5)[C@H](C)CO3)[C@@]43CO3)O[C@H](C)[C@@H](O)[C@@H]2OC(C)=O)O[C@H](C)[C@H]1O. The van der Waals surface area contributed by atoms with E-state index >= 15 is 0 Å². The van der Waals surface area contributed by atoms with Crippen molar-refractivity contribution in [3.05, 3.63) is 42.0 Å². The van der Waals surface area contributed by atoms with Crippen molar-refractivity contribution < 1.29 is 81.9 Å². The molecule has 1 aromatic rings. The molecule has 0 unspecified atom stereocenters. The Morgan fingerprint density at radius 2 is 1.44 bits per heavy atom. The zero-order valence-electron chi connectivity index (χ0n) is 32.5. The van der Waals surface area contributed by atoms with Crippen LogP contribution in [0.25, 0.3) is 6.08 Å². The number of aliphatic hydroxyl groups is 3. The minimum atomic E-state index is -1.73. The number of benzene rings is 1. The third kappa shape index (κ3) is 8.36. The molecule has 1 aromatic carbocycles. The highest BCUT2D eigenvalue weighted by Gasteiger charge is 2.76. The molecule has 1 saturated carbocycles. The molecule has 314 valence electrons. The summed E-state index contributed by atoms with van der Waals surface area (Å²) in [6.07, 6.45) is -10.6. The minimum absolute atomic E-state index is 0.109. The Morgan fingerprint density at radius 1 is 0.789 bits per heavy atom. The molecule has 0 radical (unpaired) electrons. The van der Waals surface area contributed by atoms with Gasteiger partial charge in [-0.3, -0.25) is 14.4 Å². The molecule has 3 N–H and O–H groups in total. The van der Waals surface area contributed by atoms with Gasteiger partial charge in [-0.1, -0.05) is 37.3 Å². The summed E-state index contributed by atoms with van der Waals surface area (Å²) < 4.78 is 59.4. The van der Waals surface area contributed by atoms with Crippen molar-refractivity contribution in [2.24, 2.45) is 17.8 Å². The Labute approximate surface area is 329 Å². The summed E-state index contributed by atoms with van der Waals surface area (Å²) in [5.74, 6) is -4.80. The van der Waals surface area contributed by atoms with Crippen LogP contribution < -0.4 is 0 Å². The van der Waals surface area contributed by atoms with Crippen molar-refractivity contribution in [1.29, 1.82) is 0 Å². The highest BCUT2D eigenvalue weighted by atomic mass is 16.8. The van der Waals surface area contributed by atoms with Gasteiger partial charge in [0, 0.05) is 38.2 Å². The molecule has 5 heterocycles. The first-order chi connectivity index (χ1) is 27.1. The van der Waals surface area contributed by atoms with Crippen LogP contribution in [0.3, 0.4) is 0 Å². The summed E-state index contributed by atoms with van der Waals surface area (Å²) in [5.41, 5.74) is 0.102. The van der Waals surface area contributed by atoms with Crippen LogP contribution in [0.15, 0.2) is 36.4 Å². The molecule has 6 aliphatic rings. The quantitative estimate of drug-likeness (QED) is 0.139. The highest BCUT2D eigenvalue weighted by Crippen LogP contribution is 2.62. The number of ether oxygens (including phenoxy) is 10. The topological polar surface area (TPSA) is 225 Å². The molecule has 2 spiro atoms. The number of epoxide rings is 1. The van der Waals surface area contributed by atoms with Crippen molar-refractivity contribution >= 4 is 30.0 Å². The first kappa shape index (κ1) is 41.6. The van der Waals surface area contributed by atoms with E-state index in [1.807, 2.05) is 37.3 Å². The molecule has 57 heavy (non-hydrogen) atoms. The van der Waals surface area contributed by atoms with E-state index < -0.39 is 115 Å². The number of rotatable bonds is 9. The molecule has 17 heteroatoms. The number of hydrogen-bond acceptors (Lipinski definition) is 17. The Balaban J connectivity index is 1.04. The van der Waals surface area contributed by atoms with E-state index in [1.165, 1.54) is 19.9 Å². The lowest BCUT2D eigenvalue weighted by Crippen LogP contribution is -2.64. The van der Waals surface area contributed by atoms with Gasteiger partial charge in [-0.15, -0.1) is 0 Å². The summed E-state index contributed by atoms with van der Waals surface area (Å²) in [5, 5.41) is 32.7. The molecular weight excluding hydrogens is 752 g/mol. The van der Waals surface area contributed by atoms with Gasteiger partial charge >= 0.3 is 23.9 Å². The molecule has 5 aliphatic heterocycles. The summed E-state index contributed by atoms with van der Waals surface area (Å²) in [4.78, 5) is 50.9. The second-order valence-corrected chi connectivity index (χ2v) is 16.0. The van der Waals surface area contributed by atoms with Gasteiger partial charge < -0.3 is 62.7 Å². The van der Waals surface area contributed by atoms with Crippen LogP contribution in [-0.4, -0.2) is 137 Å². The number of hydrogen-bond donors (Lipinski definition) is 3. The third-order valence-electron chi connectivity index (χ3n) is 12.0. The van der Waals surface area contributed by atoms with E-state index in [2.05, 4.69) is 0 Å². The maximum absolute atomic E-state index is 14.0. The van der Waals surface area contributed by atoms with Gasteiger partial charge in [0.1, 0.15) is 24.4 Å². The summed E-state index contributed by atoms with van der Waals surface area (Å²) >= 11 is 0. The van der Waals surface area contributed by atoms with E-state index in [1.54, 1.807) is 6.08 Å². The first-order valence-corrected chi connectivity index (χ1v) is 19.6. The minimum Gasteiger partial charge on any atom is -0.459 e. The first-order valence-electron chi connectivity index (χ1n) is 19.6. The van der Waals surface area contributed by atoms with Crippen LogP contribution in [-0.2, 0) is 66.5 Å². The molecule has 17 atom stereocenters. The number of carbonyl (C=O) groups is 4. The van der Waals surface area contributed by atoms with Gasteiger partial charge in [0.05, 0.1) is 37.4 Å². The molecule has 6 fully saturated rings. The maximum Gasteiger partial charge on any atom is 0.331 e. The van der Waals surface area contributed by atoms with Crippen molar-refractivity contribution in [3.63, 3.8) is 0 Å². The average molecular weight is 805 g/mol. The Hall–Kier alpha value is -3.52. The Bertz CT molecular complexity index is 1670. The number of aliphatic hydroxyl groups excluding tert-OH is 3. The molecule has 0 bridgehead atoms. The largest absolute Gasteiger partial charge is 0.459 e. The van der Waals surface area contributed by atoms with Gasteiger partial charge in [-0.05, 0) is 44.7 Å². The standard InChI is InChI=1S/C40H52O17/c1-19-17-48-40(16-28(19)54-29(43)14-11-24-9-7-6-8-10-24)39(18-49-39)26-13-12-25(15-27(26)57-40)36(47)56-38-35(34(53-23(5)42)31(45)21(3)51-38)55-37-32(46)33(52-22(4)41)30(44)20(2)50-37/h6-11,14,19-21,25-28,30-35,37-38,44-46H,12-13,15-18H2,1-5H3/b14-11+/t19-,20-,21-,25+,26-,27+,28+,30-,31-,32-,33+,34+,35-,37+,38+,39-,40+/m1/s1. The highest BCUT2D eigenvalue weighted by molar-refractivity contribution is 5.87. The van der Waals surface area contributed by atoms with Crippen LogP contribution in [0.1, 0.15) is 65.9 Å². The van der Waals surface area contributed by atoms with Gasteiger partial charge in [0.25, 0.3) is 0 Å². The Morgan fingerprint density at radius 3 is 2.11 bits per heavy atom. The number of carbonyl (C=O) groups excluding carboxylic acids is 4. The molecule has 1 aliphatic carbocycles. The lowest BCUT2D eigenvalue weighted by molar-refractivity contribution is -0.358. The van der Waals surface area contributed by atoms with Crippen molar-refractivity contribution in [2.45, 2.75) is 145 Å². The van der Waals surface area contributed by atoms with E-state index in [4.69, 9.17) is 47.4 Å². The summed E-state index contributed by atoms with van der Waals surface area (Å²) in [6.45, 7) is 7.81. The molecule has 0 aromatic heterocycles. The van der Waals surface area contributed by atoms with E-state index in [-0.39, 0.29) is 31.3 Å². The van der Waals surface area contributed by atoms with Crippen LogP contribution in [0.2, 0.25) is 0 Å². The van der Waals surface area contributed by atoms with Crippen LogP contribution in [0.4, 0.5) is 0 Å². The Kier molecular flexibility index (Phi) is 12.1. The predicted octanol–water partition coefficient (Wildman–Crippen LogP) is 1.31. The molecule has 5 saturated heterocycles. The predicted molar refractivity (Wildman–Crippen MR) is 191 cm³/mol. The molecule has 0 amide bonds. The maximum atomic E-state index is 14.0. The van der Waals surface area contributed by atoms with Crippen molar-refractivity contribution in [1.82, 2.24) is 0 Å². The number of fused-ring (bicyclic) bond motifs is 3.